The van der Waals surface area contributed by atoms with Crippen molar-refractivity contribution in [2.75, 3.05) is 32.1 Å². The Labute approximate surface area is 148 Å². The van der Waals surface area contributed by atoms with E-state index >= 15 is 0 Å². The van der Waals surface area contributed by atoms with Gasteiger partial charge in [-0.15, -0.1) is 0 Å². The van der Waals surface area contributed by atoms with Crippen molar-refractivity contribution in [3.8, 4) is 5.75 Å². The van der Waals surface area contributed by atoms with E-state index in [0.29, 0.717) is 11.7 Å². The molecule has 0 aliphatic carbocycles. The van der Waals surface area contributed by atoms with Crippen molar-refractivity contribution < 1.29 is 9.15 Å². The van der Waals surface area contributed by atoms with Gasteiger partial charge >= 0.3 is 0 Å². The lowest BCUT2D eigenvalue weighted by atomic mass is 10.2. The molecule has 0 radical (unpaired) electrons. The predicted octanol–water partition coefficient (Wildman–Crippen LogP) is 3.41. The van der Waals surface area contributed by atoms with Gasteiger partial charge in [-0.3, -0.25) is 4.90 Å². The quantitative estimate of drug-likeness (QED) is 0.783. The van der Waals surface area contributed by atoms with Gasteiger partial charge in [0.1, 0.15) is 11.5 Å². The molecule has 1 saturated heterocycles. The number of anilines is 1. The van der Waals surface area contributed by atoms with E-state index in [0.717, 1.165) is 30.3 Å². The van der Waals surface area contributed by atoms with Crippen LogP contribution in [0.3, 0.4) is 0 Å². The molecule has 0 unspecified atom stereocenters. The number of nitrogens with zero attached hydrogens (tertiary/aromatic N) is 1. The van der Waals surface area contributed by atoms with Crippen molar-refractivity contribution in [3.63, 3.8) is 0 Å². The first-order chi connectivity index (χ1) is 11.8. The molecule has 5 nitrogen and oxygen atoms in total. The largest absolute Gasteiger partial charge is 0.497 e. The molecular weight excluding hydrogens is 322 g/mol. The van der Waals surface area contributed by atoms with Crippen LogP contribution in [0, 0.1) is 0 Å². The third kappa shape index (κ3) is 4.27. The van der Waals surface area contributed by atoms with Crippen LogP contribution in [0.4, 0.5) is 5.69 Å². The number of nitrogens with one attached hydrogen (secondary N) is 2. The standard InChI is InChI=1S/C18H23N3O2S/c1-22-15-7-4-6-14(12-15)20-18(24)19-13-16(17-8-5-11-23-17)21-9-2-3-10-21/h4-8,11-12,16H,2-3,9-10,13H2,1H3,(H2,19,20,24)/t16-/m1/s1. The highest BCUT2D eigenvalue weighted by Crippen LogP contribution is 2.25. The Morgan fingerprint density at radius 1 is 1.29 bits per heavy atom. The summed E-state index contributed by atoms with van der Waals surface area (Å²) in [7, 11) is 1.65. The van der Waals surface area contributed by atoms with Crippen molar-refractivity contribution in [2.45, 2.75) is 18.9 Å². The van der Waals surface area contributed by atoms with E-state index in [1.54, 1.807) is 13.4 Å². The second-order valence-corrected chi connectivity index (χ2v) is 6.25. The number of hydrogen-bond acceptors (Lipinski definition) is 4. The minimum absolute atomic E-state index is 0.201. The van der Waals surface area contributed by atoms with Crippen LogP contribution in [0.5, 0.6) is 5.75 Å². The zero-order valence-electron chi connectivity index (χ0n) is 13.8. The Bertz CT molecular complexity index is 654. The van der Waals surface area contributed by atoms with E-state index in [1.807, 2.05) is 36.4 Å². The van der Waals surface area contributed by atoms with Crippen LogP contribution in [0.2, 0.25) is 0 Å². The lowest BCUT2D eigenvalue weighted by Crippen LogP contribution is -2.38. The molecule has 2 heterocycles. The molecule has 1 aromatic heterocycles. The van der Waals surface area contributed by atoms with Crippen molar-refractivity contribution >= 4 is 23.0 Å². The molecule has 0 amide bonds. The zero-order chi connectivity index (χ0) is 16.8. The molecule has 128 valence electrons. The molecular formula is C18H23N3O2S. The summed E-state index contributed by atoms with van der Waals surface area (Å²) in [6, 6.07) is 11.9. The van der Waals surface area contributed by atoms with E-state index < -0.39 is 0 Å². The fraction of sp³-hybridized carbons (Fsp3) is 0.389. The monoisotopic (exact) mass is 345 g/mol. The number of hydrogen-bond donors (Lipinski definition) is 2. The fourth-order valence-electron chi connectivity index (χ4n) is 3.01. The van der Waals surface area contributed by atoms with Crippen LogP contribution in [0.15, 0.2) is 47.1 Å². The lowest BCUT2D eigenvalue weighted by Gasteiger charge is -2.26. The summed E-state index contributed by atoms with van der Waals surface area (Å²) in [6.07, 6.45) is 4.21. The summed E-state index contributed by atoms with van der Waals surface area (Å²) >= 11 is 5.43. The molecule has 6 heteroatoms. The SMILES string of the molecule is COc1cccc(NC(=S)NC[C@H](c2ccco2)N2CCCC2)c1. The summed E-state index contributed by atoms with van der Waals surface area (Å²) in [5.74, 6) is 1.78. The van der Waals surface area contributed by atoms with Gasteiger partial charge in [0.15, 0.2) is 5.11 Å². The molecule has 0 saturated carbocycles. The minimum Gasteiger partial charge on any atom is -0.497 e. The topological polar surface area (TPSA) is 49.7 Å². The minimum atomic E-state index is 0.201. The Balaban J connectivity index is 1.58. The van der Waals surface area contributed by atoms with Crippen LogP contribution in [0.25, 0.3) is 0 Å². The Morgan fingerprint density at radius 3 is 2.83 bits per heavy atom. The molecule has 0 bridgehead atoms. The molecule has 2 N–H and O–H groups in total. The number of methoxy groups -OCH3 is 1. The van der Waals surface area contributed by atoms with Gasteiger partial charge in [-0.05, 0) is 62.4 Å². The van der Waals surface area contributed by atoms with E-state index in [9.17, 15) is 0 Å². The van der Waals surface area contributed by atoms with Crippen LogP contribution in [-0.4, -0.2) is 36.8 Å². The van der Waals surface area contributed by atoms with E-state index in [-0.39, 0.29) is 6.04 Å². The summed E-state index contributed by atoms with van der Waals surface area (Å²) in [5.41, 5.74) is 0.905. The van der Waals surface area contributed by atoms with Gasteiger partial charge in [0.05, 0.1) is 19.4 Å². The zero-order valence-corrected chi connectivity index (χ0v) is 14.6. The maximum atomic E-state index is 5.63. The highest BCUT2D eigenvalue weighted by Gasteiger charge is 2.25. The first kappa shape index (κ1) is 16.8. The van der Waals surface area contributed by atoms with Crippen molar-refractivity contribution in [3.05, 3.63) is 48.4 Å². The van der Waals surface area contributed by atoms with Crippen molar-refractivity contribution in [2.24, 2.45) is 0 Å². The highest BCUT2D eigenvalue weighted by molar-refractivity contribution is 7.80. The average Bonchev–Trinajstić information content (AvgIpc) is 3.29. The van der Waals surface area contributed by atoms with Crippen molar-refractivity contribution in [1.29, 1.82) is 0 Å². The Hall–Kier alpha value is -2.05. The number of benzene rings is 1. The number of furan rings is 1. The summed E-state index contributed by atoms with van der Waals surface area (Å²) < 4.78 is 10.9. The first-order valence-electron chi connectivity index (χ1n) is 8.22. The third-order valence-electron chi connectivity index (χ3n) is 4.24. The van der Waals surface area contributed by atoms with Gasteiger partial charge in [-0.25, -0.2) is 0 Å². The van der Waals surface area contributed by atoms with E-state index in [1.165, 1.54) is 12.8 Å². The smallest absolute Gasteiger partial charge is 0.170 e. The lowest BCUT2D eigenvalue weighted by molar-refractivity contribution is 0.216. The number of ether oxygens (including phenoxy) is 1. The maximum absolute atomic E-state index is 5.63. The molecule has 0 spiro atoms. The van der Waals surface area contributed by atoms with Gasteiger partial charge < -0.3 is 19.8 Å². The van der Waals surface area contributed by atoms with Gasteiger partial charge in [-0.1, -0.05) is 6.07 Å². The normalized spacial score (nSPS) is 15.9. The maximum Gasteiger partial charge on any atom is 0.170 e. The summed E-state index contributed by atoms with van der Waals surface area (Å²) in [5, 5.41) is 7.11. The predicted molar refractivity (Wildman–Crippen MR) is 99.5 cm³/mol. The van der Waals surface area contributed by atoms with Gasteiger partial charge in [0.2, 0.25) is 0 Å². The highest BCUT2D eigenvalue weighted by atomic mass is 32.1. The van der Waals surface area contributed by atoms with Crippen LogP contribution in [-0.2, 0) is 0 Å². The van der Waals surface area contributed by atoms with Crippen LogP contribution >= 0.6 is 12.2 Å². The molecule has 1 aromatic carbocycles. The van der Waals surface area contributed by atoms with Gasteiger partial charge in [0, 0.05) is 18.3 Å². The van der Waals surface area contributed by atoms with Crippen LogP contribution in [0.1, 0.15) is 24.6 Å². The molecule has 1 aliphatic rings. The number of thiocarbonyl (C=S) groups is 1. The molecule has 1 atom stereocenters. The Kier molecular flexibility index (Phi) is 5.72. The van der Waals surface area contributed by atoms with Crippen molar-refractivity contribution in [1.82, 2.24) is 10.2 Å². The summed E-state index contributed by atoms with van der Waals surface area (Å²) in [6.45, 7) is 2.91. The third-order valence-corrected chi connectivity index (χ3v) is 4.48. The first-order valence-corrected chi connectivity index (χ1v) is 8.63. The number of rotatable bonds is 6. The number of likely N-dealkylation sites (tertiary alicyclic amines) is 1. The van der Waals surface area contributed by atoms with Crippen LogP contribution < -0.4 is 15.4 Å². The molecule has 24 heavy (non-hydrogen) atoms. The fourth-order valence-corrected chi connectivity index (χ4v) is 3.21. The van der Waals surface area contributed by atoms with E-state index in [2.05, 4.69) is 15.5 Å². The molecule has 1 aliphatic heterocycles. The Morgan fingerprint density at radius 2 is 2.12 bits per heavy atom. The second kappa shape index (κ2) is 8.17. The van der Waals surface area contributed by atoms with Gasteiger partial charge in [-0.2, -0.15) is 0 Å². The average molecular weight is 345 g/mol. The molecule has 1 fully saturated rings. The summed E-state index contributed by atoms with van der Waals surface area (Å²) in [4.78, 5) is 2.44. The molecule has 2 aromatic rings. The second-order valence-electron chi connectivity index (χ2n) is 5.84. The van der Waals surface area contributed by atoms with Gasteiger partial charge in [0.25, 0.3) is 0 Å². The molecule has 3 rings (SSSR count). The van der Waals surface area contributed by atoms with E-state index in [4.69, 9.17) is 21.4 Å².